The summed E-state index contributed by atoms with van der Waals surface area (Å²) in [6.45, 7) is 0.0512. The van der Waals surface area contributed by atoms with Gasteiger partial charge in [0.05, 0.1) is 16.8 Å². The van der Waals surface area contributed by atoms with Gasteiger partial charge in [-0.1, -0.05) is 0 Å². The van der Waals surface area contributed by atoms with Gasteiger partial charge in [0.25, 0.3) is 20.2 Å². The maximum absolute atomic E-state index is 11.6. The molecule has 0 aliphatic heterocycles. The summed E-state index contributed by atoms with van der Waals surface area (Å²) < 4.78 is 88.5. The highest BCUT2D eigenvalue weighted by Crippen LogP contribution is 2.27. The quantitative estimate of drug-likeness (QED) is 0.220. The minimum atomic E-state index is -4.79. The van der Waals surface area contributed by atoms with E-state index >= 15 is 0 Å². The Hall–Kier alpha value is -2.15. The zero-order valence-corrected chi connectivity index (χ0v) is 18.1. The lowest BCUT2D eigenvalue weighted by molar-refractivity contribution is 0.479. The molecule has 0 aliphatic rings. The van der Waals surface area contributed by atoms with Gasteiger partial charge < -0.3 is 10.6 Å². The average Bonchev–Trinajstić information content (AvgIpc) is 2.55. The first-order chi connectivity index (χ1) is 13.6. The standard InChI is InChI=1S/C12H15ClN6O8S3/c1-28(20,21)15-5-4-14-11-17-10(13)18-12(19-11)16-8-6-7(29(22,23)24)2-3-9(8)30(25,26)27/h2-3,6,15H,4-5H2,1H3,(H,22,23,24)(H,25,26,27)(H2,14,16,17,18,19). The first-order valence-electron chi connectivity index (χ1n) is 7.61. The summed E-state index contributed by atoms with van der Waals surface area (Å²) in [5.74, 6) is -0.460. The Morgan fingerprint density at radius 1 is 0.933 bits per heavy atom. The van der Waals surface area contributed by atoms with Crippen molar-refractivity contribution in [1.29, 1.82) is 0 Å². The van der Waals surface area contributed by atoms with Crippen molar-refractivity contribution in [2.24, 2.45) is 0 Å². The Labute approximate surface area is 176 Å². The van der Waals surface area contributed by atoms with Gasteiger partial charge in [-0.2, -0.15) is 31.8 Å². The van der Waals surface area contributed by atoms with Crippen LogP contribution in [0.1, 0.15) is 0 Å². The number of anilines is 3. The van der Waals surface area contributed by atoms with Gasteiger partial charge in [0.2, 0.25) is 27.2 Å². The van der Waals surface area contributed by atoms with Gasteiger partial charge in [0.15, 0.2) is 0 Å². The lowest BCUT2D eigenvalue weighted by atomic mass is 10.3. The molecule has 0 spiro atoms. The van der Waals surface area contributed by atoms with E-state index in [9.17, 15) is 29.8 Å². The highest BCUT2D eigenvalue weighted by atomic mass is 35.5. The van der Waals surface area contributed by atoms with E-state index in [4.69, 9.17) is 16.2 Å². The molecule has 0 atom stereocenters. The highest BCUT2D eigenvalue weighted by molar-refractivity contribution is 7.88. The van der Waals surface area contributed by atoms with E-state index in [0.717, 1.165) is 24.5 Å². The summed E-state index contributed by atoms with van der Waals surface area (Å²) in [5, 5.41) is 4.68. The van der Waals surface area contributed by atoms with E-state index in [0.29, 0.717) is 0 Å². The molecule has 0 amide bonds. The van der Waals surface area contributed by atoms with Gasteiger partial charge in [-0.15, -0.1) is 0 Å². The number of rotatable bonds is 9. The lowest BCUT2D eigenvalue weighted by Crippen LogP contribution is -2.28. The summed E-state index contributed by atoms with van der Waals surface area (Å²) in [6.07, 6.45) is 0.975. The Morgan fingerprint density at radius 3 is 2.13 bits per heavy atom. The van der Waals surface area contributed by atoms with Crippen molar-refractivity contribution in [1.82, 2.24) is 19.7 Å². The van der Waals surface area contributed by atoms with E-state index in [1.165, 1.54) is 0 Å². The molecular formula is C12H15ClN6O8S3. The normalized spacial score (nSPS) is 12.5. The molecule has 14 nitrogen and oxygen atoms in total. The molecule has 2 aromatic rings. The third kappa shape index (κ3) is 7.27. The maximum Gasteiger partial charge on any atom is 0.296 e. The summed E-state index contributed by atoms with van der Waals surface area (Å²) in [5.41, 5.74) is -0.473. The van der Waals surface area contributed by atoms with Gasteiger partial charge in [-0.3, -0.25) is 9.11 Å². The summed E-state index contributed by atoms with van der Waals surface area (Å²) in [7, 11) is -12.9. The predicted molar refractivity (Wildman–Crippen MR) is 106 cm³/mol. The predicted octanol–water partition coefficient (Wildman–Crippen LogP) is -0.277. The molecule has 5 N–H and O–H groups in total. The lowest BCUT2D eigenvalue weighted by Gasteiger charge is -2.12. The van der Waals surface area contributed by atoms with Gasteiger partial charge in [-0.25, -0.2) is 13.1 Å². The van der Waals surface area contributed by atoms with Crippen LogP contribution in [0.4, 0.5) is 17.6 Å². The first-order valence-corrected chi connectivity index (χ1v) is 12.8. The van der Waals surface area contributed by atoms with Crippen LogP contribution in [0.25, 0.3) is 0 Å². The van der Waals surface area contributed by atoms with E-state index in [1.807, 2.05) is 0 Å². The van der Waals surface area contributed by atoms with Crippen molar-refractivity contribution in [3.63, 3.8) is 0 Å². The zero-order valence-electron chi connectivity index (χ0n) is 14.9. The summed E-state index contributed by atoms with van der Waals surface area (Å²) >= 11 is 5.78. The first kappa shape index (κ1) is 24.1. The number of nitrogens with one attached hydrogen (secondary N) is 3. The number of aromatic nitrogens is 3. The van der Waals surface area contributed by atoms with Crippen LogP contribution in [0.2, 0.25) is 5.28 Å². The van der Waals surface area contributed by atoms with Crippen molar-refractivity contribution >= 4 is 59.4 Å². The van der Waals surface area contributed by atoms with Gasteiger partial charge in [-0.05, 0) is 29.8 Å². The van der Waals surface area contributed by atoms with Crippen LogP contribution >= 0.6 is 11.6 Å². The fraction of sp³-hybridized carbons (Fsp3) is 0.250. The van der Waals surface area contributed by atoms with Crippen molar-refractivity contribution in [3.8, 4) is 0 Å². The molecule has 1 aromatic heterocycles. The average molecular weight is 503 g/mol. The Bertz CT molecular complexity index is 1270. The summed E-state index contributed by atoms with van der Waals surface area (Å²) in [6, 6.07) is 2.25. The molecule has 30 heavy (non-hydrogen) atoms. The van der Waals surface area contributed by atoms with E-state index < -0.39 is 45.7 Å². The van der Waals surface area contributed by atoms with Crippen LogP contribution in [0, 0.1) is 0 Å². The number of sulfonamides is 1. The van der Waals surface area contributed by atoms with Crippen LogP contribution in [0.5, 0.6) is 0 Å². The van der Waals surface area contributed by atoms with E-state index in [1.54, 1.807) is 0 Å². The van der Waals surface area contributed by atoms with E-state index in [2.05, 4.69) is 30.3 Å². The third-order valence-electron chi connectivity index (χ3n) is 3.15. The van der Waals surface area contributed by atoms with Crippen LogP contribution in [-0.4, -0.2) is 68.7 Å². The second-order valence-corrected chi connectivity index (χ2v) is 10.6. The molecule has 0 unspecified atom stereocenters. The molecule has 2 rings (SSSR count). The van der Waals surface area contributed by atoms with Crippen molar-refractivity contribution in [2.45, 2.75) is 9.79 Å². The topological polar surface area (TPSA) is 218 Å². The maximum atomic E-state index is 11.6. The largest absolute Gasteiger partial charge is 0.353 e. The fourth-order valence-electron chi connectivity index (χ4n) is 2.01. The highest BCUT2D eigenvalue weighted by Gasteiger charge is 2.21. The monoisotopic (exact) mass is 502 g/mol. The molecule has 0 fully saturated rings. The zero-order chi connectivity index (χ0) is 22.7. The Kier molecular flexibility index (Phi) is 7.17. The number of hydrogen-bond donors (Lipinski definition) is 5. The molecule has 1 heterocycles. The molecule has 0 bridgehead atoms. The van der Waals surface area contributed by atoms with Gasteiger partial charge in [0, 0.05) is 13.1 Å². The van der Waals surface area contributed by atoms with Crippen LogP contribution < -0.4 is 15.4 Å². The van der Waals surface area contributed by atoms with Crippen molar-refractivity contribution in [2.75, 3.05) is 30.0 Å². The third-order valence-corrected chi connectivity index (χ3v) is 5.81. The molecule has 0 aliphatic carbocycles. The molecule has 18 heteroatoms. The Balaban J connectivity index is 2.34. The van der Waals surface area contributed by atoms with Crippen LogP contribution in [0.15, 0.2) is 28.0 Å². The van der Waals surface area contributed by atoms with E-state index in [-0.39, 0.29) is 30.3 Å². The fourth-order valence-corrected chi connectivity index (χ4v) is 3.78. The molecule has 0 saturated carbocycles. The minimum absolute atomic E-state index is 0.00575. The smallest absolute Gasteiger partial charge is 0.296 e. The van der Waals surface area contributed by atoms with Gasteiger partial charge >= 0.3 is 0 Å². The second-order valence-electron chi connectivity index (χ2n) is 5.58. The number of hydrogen-bond acceptors (Lipinski definition) is 11. The number of halogens is 1. The Morgan fingerprint density at radius 2 is 1.57 bits per heavy atom. The molecule has 0 saturated heterocycles. The molecule has 1 aromatic carbocycles. The minimum Gasteiger partial charge on any atom is -0.353 e. The molecule has 0 radical (unpaired) electrons. The molecule has 166 valence electrons. The number of benzene rings is 1. The van der Waals surface area contributed by atoms with Crippen LogP contribution in [-0.2, 0) is 30.3 Å². The van der Waals surface area contributed by atoms with Crippen LogP contribution in [0.3, 0.4) is 0 Å². The van der Waals surface area contributed by atoms with Crippen molar-refractivity contribution in [3.05, 3.63) is 23.5 Å². The SMILES string of the molecule is CS(=O)(=O)NCCNc1nc(Cl)nc(Nc2cc(S(=O)(=O)O)ccc2S(=O)(=O)O)n1. The molecular weight excluding hydrogens is 488 g/mol. The summed E-state index contributed by atoms with van der Waals surface area (Å²) in [4.78, 5) is 9.95. The van der Waals surface area contributed by atoms with Gasteiger partial charge in [0.1, 0.15) is 4.90 Å². The van der Waals surface area contributed by atoms with Crippen molar-refractivity contribution < 1.29 is 34.4 Å². The number of nitrogens with zero attached hydrogens (tertiary/aromatic N) is 3. The second kappa shape index (κ2) is 8.92.